The quantitative estimate of drug-likeness (QED) is 0.272. The van der Waals surface area contributed by atoms with Crippen LogP contribution in [0.4, 0.5) is 11.6 Å². The predicted molar refractivity (Wildman–Crippen MR) is 143 cm³/mol. The maximum Gasteiger partial charge on any atom is 0.229 e. The Morgan fingerprint density at radius 1 is 1.23 bits per heavy atom. The van der Waals surface area contributed by atoms with Crippen molar-refractivity contribution in [3.05, 3.63) is 36.7 Å². The molecule has 3 aromatic rings. The summed E-state index contributed by atoms with van der Waals surface area (Å²) in [4.78, 5) is 19.5. The maximum atomic E-state index is 10.0. The largest absolute Gasteiger partial charge is 0.379 e. The van der Waals surface area contributed by atoms with E-state index in [1.165, 1.54) is 37.6 Å². The van der Waals surface area contributed by atoms with Gasteiger partial charge in [0.2, 0.25) is 12.4 Å². The second kappa shape index (κ2) is 14.7. The molecule has 0 aliphatic heterocycles. The van der Waals surface area contributed by atoms with Gasteiger partial charge in [0.1, 0.15) is 0 Å². The number of anilines is 2. The van der Waals surface area contributed by atoms with Crippen molar-refractivity contribution in [2.45, 2.75) is 63.9 Å². The summed E-state index contributed by atoms with van der Waals surface area (Å²) in [5.74, 6) is 2.17. The third-order valence-corrected chi connectivity index (χ3v) is 6.18. The molecule has 0 atom stereocenters. The first-order valence-electron chi connectivity index (χ1n) is 11.9. The van der Waals surface area contributed by atoms with Gasteiger partial charge < -0.3 is 15.4 Å². The molecule has 0 saturated heterocycles. The van der Waals surface area contributed by atoms with Crippen LogP contribution in [-0.2, 0) is 9.53 Å². The van der Waals surface area contributed by atoms with E-state index >= 15 is 0 Å². The van der Waals surface area contributed by atoms with Crippen molar-refractivity contribution in [1.29, 1.82) is 0 Å². The molecule has 1 amide bonds. The lowest BCUT2D eigenvalue weighted by atomic mass is 9.83. The molecule has 0 unspecified atom stereocenters. The molecule has 35 heavy (non-hydrogen) atoms. The normalized spacial score (nSPS) is 17.4. The Morgan fingerprint density at radius 2 is 1.94 bits per heavy atom. The number of ether oxygens (including phenoxy) is 1. The summed E-state index contributed by atoms with van der Waals surface area (Å²) >= 11 is 1.20. The van der Waals surface area contributed by atoms with Gasteiger partial charge in [-0.15, -0.1) is 0 Å². The van der Waals surface area contributed by atoms with E-state index in [2.05, 4.69) is 37.7 Å². The fourth-order valence-corrected chi connectivity index (χ4v) is 3.67. The van der Waals surface area contributed by atoms with Crippen molar-refractivity contribution < 1.29 is 9.53 Å². The number of nitrogens with zero attached hydrogens (tertiary/aromatic N) is 3. The SMILES string of the molecule is CC1CCC(CNC=O)CC1.COC(C)(C)C.NSc1cccc(Nc2ncc3cn[nH]c3n2)c1. The Hall–Kier alpha value is -2.69. The van der Waals surface area contributed by atoms with E-state index in [0.29, 0.717) is 11.6 Å². The molecule has 1 aliphatic rings. The van der Waals surface area contributed by atoms with Crippen LogP contribution in [0.2, 0.25) is 0 Å². The van der Waals surface area contributed by atoms with Crippen LogP contribution >= 0.6 is 11.9 Å². The summed E-state index contributed by atoms with van der Waals surface area (Å²) in [6.07, 6.45) is 9.47. The third-order valence-electron chi connectivity index (χ3n) is 5.66. The summed E-state index contributed by atoms with van der Waals surface area (Å²) in [6.45, 7) is 9.26. The number of hydrogen-bond donors (Lipinski definition) is 4. The third kappa shape index (κ3) is 11.1. The Bertz CT molecular complexity index is 1010. The number of carbonyl (C=O) groups excluding carboxylic acids is 1. The number of aromatic amines is 1. The van der Waals surface area contributed by atoms with Crippen LogP contribution in [0.15, 0.2) is 41.6 Å². The van der Waals surface area contributed by atoms with E-state index in [4.69, 9.17) is 9.88 Å². The highest BCUT2D eigenvalue weighted by Crippen LogP contribution is 2.27. The highest BCUT2D eigenvalue weighted by atomic mass is 32.2. The standard InChI is InChI=1S/C11H10N6S.C9H17NO.C5H12O/c12-18-9-3-1-2-8(4-9)15-11-13-5-7-6-14-17-10(7)16-11;1-8-2-4-9(5-3-8)6-10-7-11;1-5(2,3)6-4/h1-6H,12H2,(H2,13,14,15,16,17);7-9H,2-6H2,1H3,(H,10,11);1-4H3. The van der Waals surface area contributed by atoms with Gasteiger partial charge in [0.15, 0.2) is 5.65 Å². The molecule has 9 nitrogen and oxygen atoms in total. The monoisotopic (exact) mass is 501 g/mol. The molecule has 1 saturated carbocycles. The van der Waals surface area contributed by atoms with Crippen LogP contribution in [-0.4, -0.2) is 45.8 Å². The van der Waals surface area contributed by atoms with Crippen molar-refractivity contribution in [3.63, 3.8) is 0 Å². The topological polar surface area (TPSA) is 131 Å². The second-order valence-corrected chi connectivity index (χ2v) is 10.3. The van der Waals surface area contributed by atoms with E-state index in [1.54, 1.807) is 19.5 Å². The van der Waals surface area contributed by atoms with Crippen LogP contribution in [0.5, 0.6) is 0 Å². The lowest BCUT2D eigenvalue weighted by Gasteiger charge is -2.25. The molecular weight excluding hydrogens is 462 g/mol. The average molecular weight is 502 g/mol. The minimum atomic E-state index is 0.0417. The number of benzene rings is 1. The first-order valence-corrected chi connectivity index (χ1v) is 12.7. The first kappa shape index (κ1) is 28.5. The van der Waals surface area contributed by atoms with Crippen molar-refractivity contribution in [1.82, 2.24) is 25.5 Å². The predicted octanol–water partition coefficient (Wildman–Crippen LogP) is 5.05. The van der Waals surface area contributed by atoms with Gasteiger partial charge in [-0.2, -0.15) is 10.1 Å². The minimum absolute atomic E-state index is 0.0417. The summed E-state index contributed by atoms with van der Waals surface area (Å²) < 4.78 is 4.94. The molecule has 0 bridgehead atoms. The number of rotatable bonds is 6. The zero-order chi connectivity index (χ0) is 25.7. The smallest absolute Gasteiger partial charge is 0.229 e. The van der Waals surface area contributed by atoms with E-state index in [0.717, 1.165) is 40.8 Å². The van der Waals surface area contributed by atoms with Gasteiger partial charge in [0.25, 0.3) is 0 Å². The highest BCUT2D eigenvalue weighted by Gasteiger charge is 2.17. The fraction of sp³-hybridized carbons (Fsp3) is 0.520. The number of carbonyl (C=O) groups is 1. The Labute approximate surface area is 212 Å². The van der Waals surface area contributed by atoms with Gasteiger partial charge in [-0.1, -0.05) is 25.8 Å². The van der Waals surface area contributed by atoms with Crippen LogP contribution < -0.4 is 15.8 Å². The number of hydrogen-bond acceptors (Lipinski definition) is 8. The first-order chi connectivity index (χ1) is 16.7. The molecule has 5 N–H and O–H groups in total. The zero-order valence-electron chi connectivity index (χ0n) is 21.4. The average Bonchev–Trinajstić information content (AvgIpc) is 3.32. The van der Waals surface area contributed by atoms with Gasteiger partial charge in [0, 0.05) is 30.4 Å². The van der Waals surface area contributed by atoms with E-state index in [9.17, 15) is 4.79 Å². The summed E-state index contributed by atoms with van der Waals surface area (Å²) in [5.41, 5.74) is 1.64. The van der Waals surface area contributed by atoms with Gasteiger partial charge in [-0.3, -0.25) is 15.0 Å². The van der Waals surface area contributed by atoms with Crippen molar-refractivity contribution in [2.24, 2.45) is 17.0 Å². The maximum absolute atomic E-state index is 10.0. The van der Waals surface area contributed by atoms with E-state index in [1.807, 2.05) is 45.0 Å². The molecule has 10 heteroatoms. The highest BCUT2D eigenvalue weighted by molar-refractivity contribution is 7.97. The molecule has 0 radical (unpaired) electrons. The van der Waals surface area contributed by atoms with E-state index in [-0.39, 0.29) is 5.60 Å². The molecule has 1 aromatic carbocycles. The van der Waals surface area contributed by atoms with Crippen molar-refractivity contribution in [2.75, 3.05) is 19.0 Å². The molecule has 1 aliphatic carbocycles. The lowest BCUT2D eigenvalue weighted by molar-refractivity contribution is -0.109. The zero-order valence-corrected chi connectivity index (χ0v) is 22.2. The number of nitrogens with two attached hydrogens (primary N) is 1. The van der Waals surface area contributed by atoms with Crippen LogP contribution in [0.3, 0.4) is 0 Å². The number of aromatic nitrogens is 4. The number of fused-ring (bicyclic) bond motifs is 1. The Morgan fingerprint density at radius 3 is 2.57 bits per heavy atom. The van der Waals surface area contributed by atoms with Gasteiger partial charge in [0.05, 0.1) is 17.2 Å². The van der Waals surface area contributed by atoms with Gasteiger partial charge >= 0.3 is 0 Å². The minimum Gasteiger partial charge on any atom is -0.379 e. The van der Waals surface area contributed by atoms with Crippen molar-refractivity contribution >= 4 is 41.0 Å². The Kier molecular flexibility index (Phi) is 11.9. The van der Waals surface area contributed by atoms with Crippen LogP contribution in [0.25, 0.3) is 11.0 Å². The van der Waals surface area contributed by atoms with Gasteiger partial charge in [-0.25, -0.2) is 4.98 Å². The van der Waals surface area contributed by atoms with Gasteiger partial charge in [-0.05, 0) is 75.6 Å². The van der Waals surface area contributed by atoms with Crippen LogP contribution in [0, 0.1) is 11.8 Å². The summed E-state index contributed by atoms with van der Waals surface area (Å²) in [6, 6.07) is 7.73. The second-order valence-electron chi connectivity index (χ2n) is 9.61. The van der Waals surface area contributed by atoms with E-state index < -0.39 is 0 Å². The molecule has 192 valence electrons. The molecule has 2 heterocycles. The number of H-pyrrole nitrogens is 1. The number of methoxy groups -OCH3 is 1. The molecule has 0 spiro atoms. The van der Waals surface area contributed by atoms with Crippen molar-refractivity contribution in [3.8, 4) is 0 Å². The summed E-state index contributed by atoms with van der Waals surface area (Å²) in [7, 11) is 1.71. The lowest BCUT2D eigenvalue weighted by Crippen LogP contribution is -2.24. The molecule has 1 fully saturated rings. The van der Waals surface area contributed by atoms with Crippen LogP contribution in [0.1, 0.15) is 53.4 Å². The number of nitrogens with one attached hydrogen (secondary N) is 3. The number of amides is 1. The molecule has 4 rings (SSSR count). The molecular formula is C25H39N7O2S. The molecule has 2 aromatic heterocycles. The fourth-order valence-electron chi connectivity index (χ4n) is 3.32. The Balaban J connectivity index is 0.000000217. The summed E-state index contributed by atoms with van der Waals surface area (Å²) in [5, 5.41) is 19.0.